The molecule has 0 spiro atoms. The molecule has 10 heteroatoms. The largest absolute Gasteiger partial charge is 0.333 e. The van der Waals surface area contributed by atoms with Gasteiger partial charge >= 0.3 is 0 Å². The monoisotopic (exact) mass is 627 g/mol. The van der Waals surface area contributed by atoms with Crippen LogP contribution >= 0.6 is 0 Å². The lowest BCUT2D eigenvalue weighted by Crippen LogP contribution is -3.15. The Labute approximate surface area is 255 Å². The van der Waals surface area contributed by atoms with Crippen LogP contribution in [0.25, 0.3) is 0 Å². The number of halogens is 8. The van der Waals surface area contributed by atoms with Gasteiger partial charge in [0.05, 0.1) is 42.4 Å². The Hall–Kier alpha value is -2.62. The van der Waals surface area contributed by atoms with Gasteiger partial charge in [0.15, 0.2) is 6.15 Å². The molecule has 5 aliphatic carbocycles. The van der Waals surface area contributed by atoms with Gasteiger partial charge in [-0.3, -0.25) is 17.6 Å². The second-order valence-electron chi connectivity index (χ2n) is 12.9. The Morgan fingerprint density at radius 3 is 1.11 bits per heavy atom. The molecule has 44 heavy (non-hydrogen) atoms. The molecule has 0 bridgehead atoms. The topological polar surface area (TPSA) is 4.44 Å². The molecule has 0 aromatic rings. The highest BCUT2D eigenvalue weighted by molar-refractivity contribution is 6.92. The van der Waals surface area contributed by atoms with Crippen LogP contribution in [0.2, 0.25) is 0 Å². The van der Waals surface area contributed by atoms with Crippen LogP contribution in [0.4, 0.5) is 35.1 Å². The lowest BCUT2D eigenvalue weighted by Gasteiger charge is -2.68. The van der Waals surface area contributed by atoms with Crippen molar-refractivity contribution in [3.05, 3.63) is 96.2 Å². The van der Waals surface area contributed by atoms with E-state index < -0.39 is 77.4 Å². The van der Waals surface area contributed by atoms with Crippen molar-refractivity contribution in [3.63, 3.8) is 0 Å². The molecular weight excluding hydrogens is 585 g/mol. The van der Waals surface area contributed by atoms with Crippen LogP contribution in [0, 0.1) is 0 Å². The Balaban J connectivity index is 0.000000339. The van der Waals surface area contributed by atoms with Crippen LogP contribution in [-0.2, 0) is 0 Å². The third-order valence-electron chi connectivity index (χ3n) is 10.3. The molecule has 242 valence electrons. The zero-order valence-electron chi connectivity index (χ0n) is 25.4. The summed E-state index contributed by atoms with van der Waals surface area (Å²) < 4.78 is 126. The highest BCUT2D eigenvalue weighted by Crippen LogP contribution is 2.62. The summed E-state index contributed by atoms with van der Waals surface area (Å²) >= 11 is 0. The fraction of sp³-hybridized carbons (Fsp3) is 0.529. The van der Waals surface area contributed by atoms with E-state index in [9.17, 15) is 17.6 Å². The van der Waals surface area contributed by atoms with Crippen molar-refractivity contribution in [1.82, 2.24) is 0 Å². The molecule has 1 N–H and O–H groups in total. The van der Waals surface area contributed by atoms with E-state index in [1.807, 2.05) is 4.90 Å². The number of allylic oxidation sites excluding steroid dienone is 16. The molecule has 0 aliphatic heterocycles. The molecule has 1 saturated carbocycles. The lowest BCUT2D eigenvalue weighted by atomic mass is 8.99. The maximum Gasteiger partial charge on any atom is 0.183 e. The number of alkyl halides is 4. The van der Waals surface area contributed by atoms with Crippen LogP contribution in [-0.4, -0.2) is 47.5 Å². The number of rotatable bonds is 7. The predicted molar refractivity (Wildman–Crippen MR) is 162 cm³/mol. The van der Waals surface area contributed by atoms with Crippen LogP contribution in [0.1, 0.15) is 71.6 Å². The molecule has 5 aliphatic rings. The Morgan fingerprint density at radius 1 is 0.568 bits per heavy atom. The minimum absolute atomic E-state index is 0.609. The summed E-state index contributed by atoms with van der Waals surface area (Å²) in [6.07, 6.45) is 6.67. The quantitative estimate of drug-likeness (QED) is 0.213. The molecule has 0 radical (unpaired) electrons. The molecule has 0 saturated heterocycles. The summed E-state index contributed by atoms with van der Waals surface area (Å²) in [6.45, 7) is 7.27. The van der Waals surface area contributed by atoms with Gasteiger partial charge in [-0.05, 0) is 63.8 Å². The first-order valence-corrected chi connectivity index (χ1v) is 15.7. The van der Waals surface area contributed by atoms with E-state index in [0.717, 1.165) is 54.7 Å². The van der Waals surface area contributed by atoms with Gasteiger partial charge in [0.1, 0.15) is 0 Å². The second-order valence-corrected chi connectivity index (χ2v) is 12.9. The highest BCUT2D eigenvalue weighted by Gasteiger charge is 2.76. The summed E-state index contributed by atoms with van der Waals surface area (Å²) in [4.78, 5) is 1.82. The summed E-state index contributed by atoms with van der Waals surface area (Å²) in [5, 5.41) is 0. The van der Waals surface area contributed by atoms with Crippen LogP contribution < -0.4 is 4.90 Å². The summed E-state index contributed by atoms with van der Waals surface area (Å²) in [7, 11) is 0. The van der Waals surface area contributed by atoms with Crippen LogP contribution in [0.3, 0.4) is 0 Å². The molecule has 5 rings (SSSR count). The highest BCUT2D eigenvalue weighted by atomic mass is 19.2. The minimum atomic E-state index is -4.72. The first-order chi connectivity index (χ1) is 20.8. The molecule has 0 aromatic carbocycles. The average Bonchev–Trinajstić information content (AvgIpc) is 2.94. The third-order valence-corrected chi connectivity index (χ3v) is 10.3. The van der Waals surface area contributed by atoms with E-state index in [1.54, 1.807) is 0 Å². The molecule has 1 fully saturated rings. The Bertz CT molecular complexity index is 1130. The second kappa shape index (κ2) is 13.4. The van der Waals surface area contributed by atoms with Gasteiger partial charge in [-0.2, -0.15) is 0 Å². The van der Waals surface area contributed by atoms with E-state index in [0.29, 0.717) is 24.3 Å². The SMILES string of the molecule is CC[NH+](CC)C1CCCCC1.FC1=CC=CC(F)([B-](C2(F)C=CC=C(F)C2)(C2(F)C=CC=C(F)C2)C2(F)C=CC=C(F)C2)C1. The van der Waals surface area contributed by atoms with E-state index in [4.69, 9.17) is 0 Å². The normalized spacial score (nSPS) is 35.2. The van der Waals surface area contributed by atoms with Gasteiger partial charge in [0, 0.05) is 48.0 Å². The fourth-order valence-corrected chi connectivity index (χ4v) is 8.68. The minimum Gasteiger partial charge on any atom is -0.333 e. The zero-order valence-corrected chi connectivity index (χ0v) is 25.4. The molecule has 0 amide bonds. The average molecular weight is 628 g/mol. The Kier molecular flexibility index (Phi) is 10.4. The van der Waals surface area contributed by atoms with E-state index >= 15 is 17.6 Å². The van der Waals surface area contributed by atoms with Crippen molar-refractivity contribution in [3.8, 4) is 0 Å². The number of quaternary nitrogens is 1. The van der Waals surface area contributed by atoms with Gasteiger partial charge in [-0.1, -0.05) is 55.0 Å². The molecule has 0 heterocycles. The van der Waals surface area contributed by atoms with Gasteiger partial charge in [0.25, 0.3) is 0 Å². The first-order valence-electron chi connectivity index (χ1n) is 15.7. The summed E-state index contributed by atoms with van der Waals surface area (Å²) in [5.41, 5.74) is -13.8. The van der Waals surface area contributed by atoms with Crippen molar-refractivity contribution in [2.24, 2.45) is 0 Å². The van der Waals surface area contributed by atoms with Crippen molar-refractivity contribution >= 4 is 6.15 Å². The third kappa shape index (κ3) is 6.12. The number of hydrogen-bond acceptors (Lipinski definition) is 0. The molecule has 4 unspecified atom stereocenters. The van der Waals surface area contributed by atoms with Gasteiger partial charge in [0.2, 0.25) is 0 Å². The van der Waals surface area contributed by atoms with Gasteiger partial charge < -0.3 is 4.90 Å². The standard InChI is InChI=1S/C24H20BF8.C10H21N/c26-17-5-1-9-21(30,13-17)25(22(31)10-2-6-18(27)14-22,23(32)11-3-7-19(28)15-23)24(33)12-4-8-20(29)16-24;1-3-11(4-2)10-8-6-5-7-9-10/h1-12H,13-16H2;10H,3-9H2,1-2H3/q-1;/p+1. The van der Waals surface area contributed by atoms with Crippen molar-refractivity contribution < 1.29 is 40.0 Å². The van der Waals surface area contributed by atoms with Crippen molar-refractivity contribution in [1.29, 1.82) is 0 Å². The first kappa shape index (κ1) is 34.3. The Morgan fingerprint density at radius 2 is 0.864 bits per heavy atom. The number of nitrogens with one attached hydrogen (secondary N) is 1. The maximum atomic E-state index is 17.0. The number of hydrogen-bond donors (Lipinski definition) is 1. The molecule has 1 nitrogen and oxygen atoms in total. The molecular formula is C34H42BF8N. The smallest absolute Gasteiger partial charge is 0.183 e. The zero-order chi connectivity index (χ0) is 32.2. The van der Waals surface area contributed by atoms with Crippen LogP contribution in [0.15, 0.2) is 96.2 Å². The van der Waals surface area contributed by atoms with Gasteiger partial charge in [-0.15, -0.1) is 0 Å². The predicted octanol–water partition coefficient (Wildman–Crippen LogP) is 8.92. The van der Waals surface area contributed by atoms with E-state index in [-0.39, 0.29) is 0 Å². The maximum absolute atomic E-state index is 17.0. The fourth-order valence-electron chi connectivity index (χ4n) is 8.68. The van der Waals surface area contributed by atoms with Crippen molar-refractivity contribution in [2.45, 2.75) is 99.9 Å². The van der Waals surface area contributed by atoms with Crippen LogP contribution in [0.5, 0.6) is 0 Å². The van der Waals surface area contributed by atoms with Crippen molar-refractivity contribution in [2.75, 3.05) is 13.1 Å². The lowest BCUT2D eigenvalue weighted by molar-refractivity contribution is -0.923. The summed E-state index contributed by atoms with van der Waals surface area (Å²) in [5.74, 6) is -4.59. The molecule has 4 atom stereocenters. The summed E-state index contributed by atoms with van der Waals surface area (Å²) in [6, 6.07) is 0.999. The van der Waals surface area contributed by atoms with E-state index in [2.05, 4.69) is 13.8 Å². The van der Waals surface area contributed by atoms with Gasteiger partial charge in [-0.25, -0.2) is 17.6 Å². The van der Waals surface area contributed by atoms with E-state index in [1.165, 1.54) is 45.2 Å². The molecule has 0 aromatic heterocycles.